The topological polar surface area (TPSA) is 81.4 Å². The van der Waals surface area contributed by atoms with Crippen LogP contribution in [0.3, 0.4) is 0 Å². The Balaban J connectivity index is 2.28. The molecule has 0 spiro atoms. The van der Waals surface area contributed by atoms with Gasteiger partial charge in [0.1, 0.15) is 5.75 Å². The van der Waals surface area contributed by atoms with E-state index < -0.39 is 0 Å². The van der Waals surface area contributed by atoms with Gasteiger partial charge in [0.15, 0.2) is 6.61 Å². The fraction of sp³-hybridized carbons (Fsp3) is 0.385. The number of hydrogen-bond donors (Lipinski definition) is 2. The van der Waals surface area contributed by atoms with Crippen molar-refractivity contribution >= 4 is 27.7 Å². The maximum Gasteiger partial charge on any atom is 0.257 e. The number of hydrogen-bond acceptors (Lipinski definition) is 3. The SMILES string of the molecule is Cc1ccc(OCC(=O)NCCCC(N)=O)c(Br)c1. The smallest absolute Gasteiger partial charge is 0.257 e. The number of aryl methyl sites for hydroxylation is 1. The Morgan fingerprint density at radius 1 is 1.42 bits per heavy atom. The normalized spacial score (nSPS) is 10.0. The Morgan fingerprint density at radius 2 is 2.16 bits per heavy atom. The Kier molecular flexibility index (Phi) is 6.35. The van der Waals surface area contributed by atoms with Crippen LogP contribution in [0, 0.1) is 6.92 Å². The van der Waals surface area contributed by atoms with Crippen LogP contribution in [0.1, 0.15) is 18.4 Å². The van der Waals surface area contributed by atoms with Crippen LogP contribution in [0.15, 0.2) is 22.7 Å². The van der Waals surface area contributed by atoms with Gasteiger partial charge in [-0.05, 0) is 47.0 Å². The molecule has 0 bridgehead atoms. The minimum atomic E-state index is -0.367. The molecule has 104 valence electrons. The molecule has 0 heterocycles. The average Bonchev–Trinajstić information content (AvgIpc) is 2.33. The third kappa shape index (κ3) is 6.24. The highest BCUT2D eigenvalue weighted by molar-refractivity contribution is 9.10. The van der Waals surface area contributed by atoms with Crippen LogP contribution in [0.4, 0.5) is 0 Å². The van der Waals surface area contributed by atoms with Gasteiger partial charge in [-0.3, -0.25) is 9.59 Å². The second kappa shape index (κ2) is 7.78. The predicted octanol–water partition coefficient (Wildman–Crippen LogP) is 1.52. The Hall–Kier alpha value is -1.56. The molecule has 6 heteroatoms. The van der Waals surface area contributed by atoms with Crippen LogP contribution in [-0.2, 0) is 9.59 Å². The van der Waals surface area contributed by atoms with Gasteiger partial charge in [-0.1, -0.05) is 6.07 Å². The first kappa shape index (κ1) is 15.5. The minimum Gasteiger partial charge on any atom is -0.483 e. The molecule has 0 atom stereocenters. The number of benzene rings is 1. The fourth-order valence-corrected chi connectivity index (χ4v) is 2.02. The van der Waals surface area contributed by atoms with Gasteiger partial charge in [0, 0.05) is 13.0 Å². The maximum atomic E-state index is 11.5. The van der Waals surface area contributed by atoms with Crippen molar-refractivity contribution in [3.63, 3.8) is 0 Å². The third-order valence-corrected chi connectivity index (χ3v) is 2.99. The number of ether oxygens (including phenoxy) is 1. The lowest BCUT2D eigenvalue weighted by atomic mass is 10.2. The predicted molar refractivity (Wildman–Crippen MR) is 75.8 cm³/mol. The van der Waals surface area contributed by atoms with Crippen LogP contribution >= 0.6 is 15.9 Å². The van der Waals surface area contributed by atoms with E-state index in [-0.39, 0.29) is 24.8 Å². The molecule has 2 amide bonds. The lowest BCUT2D eigenvalue weighted by Crippen LogP contribution is -2.30. The molecular weight excluding hydrogens is 312 g/mol. The molecule has 5 nitrogen and oxygen atoms in total. The lowest BCUT2D eigenvalue weighted by molar-refractivity contribution is -0.123. The first-order valence-corrected chi connectivity index (χ1v) is 6.72. The zero-order chi connectivity index (χ0) is 14.3. The Bertz CT molecular complexity index is 463. The molecule has 0 saturated heterocycles. The summed E-state index contributed by atoms with van der Waals surface area (Å²) in [6.07, 6.45) is 0.806. The van der Waals surface area contributed by atoms with Crippen LogP contribution < -0.4 is 15.8 Å². The van der Waals surface area contributed by atoms with E-state index in [0.717, 1.165) is 10.0 Å². The highest BCUT2D eigenvalue weighted by Crippen LogP contribution is 2.25. The second-order valence-corrected chi connectivity index (χ2v) is 5.00. The summed E-state index contributed by atoms with van der Waals surface area (Å²) >= 11 is 3.37. The van der Waals surface area contributed by atoms with Crippen molar-refractivity contribution < 1.29 is 14.3 Å². The molecule has 1 aromatic carbocycles. The van der Waals surface area contributed by atoms with E-state index in [1.54, 1.807) is 6.07 Å². The van der Waals surface area contributed by atoms with Gasteiger partial charge in [0.25, 0.3) is 5.91 Å². The number of rotatable bonds is 7. The molecule has 0 aliphatic heterocycles. The van der Waals surface area contributed by atoms with Gasteiger partial charge in [-0.25, -0.2) is 0 Å². The number of primary amides is 1. The first-order chi connectivity index (χ1) is 8.99. The Labute approximate surface area is 120 Å². The van der Waals surface area contributed by atoms with Gasteiger partial charge in [-0.2, -0.15) is 0 Å². The minimum absolute atomic E-state index is 0.0573. The zero-order valence-corrected chi connectivity index (χ0v) is 12.3. The fourth-order valence-electron chi connectivity index (χ4n) is 1.41. The van der Waals surface area contributed by atoms with Gasteiger partial charge < -0.3 is 15.8 Å². The Morgan fingerprint density at radius 3 is 2.79 bits per heavy atom. The molecule has 0 aromatic heterocycles. The van der Waals surface area contributed by atoms with E-state index in [9.17, 15) is 9.59 Å². The summed E-state index contributed by atoms with van der Waals surface area (Å²) in [5.41, 5.74) is 6.10. The summed E-state index contributed by atoms with van der Waals surface area (Å²) in [7, 11) is 0. The van der Waals surface area contributed by atoms with Gasteiger partial charge in [0.2, 0.25) is 5.91 Å². The lowest BCUT2D eigenvalue weighted by Gasteiger charge is -2.09. The van der Waals surface area contributed by atoms with Crippen molar-refractivity contribution in [2.45, 2.75) is 19.8 Å². The van der Waals surface area contributed by atoms with Crippen molar-refractivity contribution in [1.29, 1.82) is 0 Å². The van der Waals surface area contributed by atoms with Crippen LogP contribution in [0.25, 0.3) is 0 Å². The number of nitrogens with two attached hydrogens (primary N) is 1. The number of nitrogens with one attached hydrogen (secondary N) is 1. The van der Waals surface area contributed by atoms with Crippen LogP contribution in [0.5, 0.6) is 5.75 Å². The van der Waals surface area contributed by atoms with Gasteiger partial charge >= 0.3 is 0 Å². The van der Waals surface area contributed by atoms with Gasteiger partial charge in [-0.15, -0.1) is 0 Å². The molecular formula is C13H17BrN2O3. The number of amides is 2. The number of halogens is 1. The third-order valence-electron chi connectivity index (χ3n) is 2.37. The molecule has 0 saturated carbocycles. The number of carbonyl (C=O) groups excluding carboxylic acids is 2. The average molecular weight is 329 g/mol. The van der Waals surface area contributed by atoms with Crippen molar-refractivity contribution in [3.05, 3.63) is 28.2 Å². The van der Waals surface area contributed by atoms with Crippen molar-refractivity contribution in [1.82, 2.24) is 5.32 Å². The second-order valence-electron chi connectivity index (χ2n) is 4.14. The van der Waals surface area contributed by atoms with E-state index in [2.05, 4.69) is 21.2 Å². The zero-order valence-electron chi connectivity index (χ0n) is 10.7. The summed E-state index contributed by atoms with van der Waals surface area (Å²) in [4.78, 5) is 22.0. The molecule has 0 radical (unpaired) electrons. The molecule has 0 fully saturated rings. The summed E-state index contributed by atoms with van der Waals surface area (Å²) in [5, 5.41) is 2.65. The molecule has 0 aliphatic carbocycles. The summed E-state index contributed by atoms with van der Waals surface area (Å²) < 4.78 is 6.20. The van der Waals surface area contributed by atoms with E-state index in [4.69, 9.17) is 10.5 Å². The standard InChI is InChI=1S/C13H17BrN2O3/c1-9-4-5-11(10(14)7-9)19-8-13(18)16-6-2-3-12(15)17/h4-5,7H,2-3,6,8H2,1H3,(H2,15,17)(H,16,18). The number of carbonyl (C=O) groups is 2. The molecule has 3 N–H and O–H groups in total. The highest BCUT2D eigenvalue weighted by Gasteiger charge is 2.05. The first-order valence-electron chi connectivity index (χ1n) is 5.93. The molecule has 1 aromatic rings. The maximum absolute atomic E-state index is 11.5. The van der Waals surface area contributed by atoms with E-state index >= 15 is 0 Å². The van der Waals surface area contributed by atoms with Crippen molar-refractivity contribution in [2.24, 2.45) is 5.73 Å². The van der Waals surface area contributed by atoms with Crippen LogP contribution in [-0.4, -0.2) is 25.0 Å². The largest absolute Gasteiger partial charge is 0.483 e. The summed E-state index contributed by atoms with van der Waals surface area (Å²) in [6, 6.07) is 5.63. The quantitative estimate of drug-likeness (QED) is 0.744. The van der Waals surface area contributed by atoms with Crippen molar-refractivity contribution in [2.75, 3.05) is 13.2 Å². The summed E-state index contributed by atoms with van der Waals surface area (Å²) in [5.74, 6) is 0.0314. The highest BCUT2D eigenvalue weighted by atomic mass is 79.9. The molecule has 0 aliphatic rings. The van der Waals surface area contributed by atoms with Crippen molar-refractivity contribution in [3.8, 4) is 5.75 Å². The molecule has 1 rings (SSSR count). The van der Waals surface area contributed by atoms with E-state index in [0.29, 0.717) is 18.7 Å². The molecule has 0 unspecified atom stereocenters. The molecule has 19 heavy (non-hydrogen) atoms. The van der Waals surface area contributed by atoms with E-state index in [1.807, 2.05) is 19.1 Å². The van der Waals surface area contributed by atoms with E-state index in [1.165, 1.54) is 0 Å². The monoisotopic (exact) mass is 328 g/mol. The summed E-state index contributed by atoms with van der Waals surface area (Å²) in [6.45, 7) is 2.33. The van der Waals surface area contributed by atoms with Crippen LogP contribution in [0.2, 0.25) is 0 Å². The van der Waals surface area contributed by atoms with Gasteiger partial charge in [0.05, 0.1) is 4.47 Å².